The number of aryl methyl sites for hydroxylation is 2. The first-order valence-electron chi connectivity index (χ1n) is 9.13. The normalized spacial score (nSPS) is 17.1. The third kappa shape index (κ3) is 3.09. The van der Waals surface area contributed by atoms with Gasteiger partial charge in [-0.15, -0.1) is 0 Å². The Morgan fingerprint density at radius 2 is 1.62 bits per heavy atom. The molecule has 1 saturated heterocycles. The Labute approximate surface area is 145 Å². The minimum Gasteiger partial charge on any atom is -0.207 e. The Bertz CT molecular complexity index is 819. The van der Waals surface area contributed by atoms with Crippen molar-refractivity contribution < 1.29 is 8.42 Å². The lowest BCUT2D eigenvalue weighted by atomic mass is 9.96. The predicted molar refractivity (Wildman–Crippen MR) is 99.9 cm³/mol. The van der Waals surface area contributed by atoms with Crippen LogP contribution in [-0.4, -0.2) is 25.8 Å². The molecule has 0 aromatic heterocycles. The van der Waals surface area contributed by atoms with E-state index in [2.05, 4.69) is 32.0 Å². The number of rotatable bonds is 4. The van der Waals surface area contributed by atoms with Gasteiger partial charge in [-0.3, -0.25) is 0 Å². The third-order valence-corrected chi connectivity index (χ3v) is 7.10. The van der Waals surface area contributed by atoms with Crippen LogP contribution in [0.1, 0.15) is 50.7 Å². The van der Waals surface area contributed by atoms with E-state index in [1.807, 2.05) is 12.1 Å². The summed E-state index contributed by atoms with van der Waals surface area (Å²) in [6, 6.07) is 10.0. The van der Waals surface area contributed by atoms with E-state index in [0.717, 1.165) is 54.9 Å². The molecule has 130 valence electrons. The standard InChI is InChI=1S/C20H27NO2S/c1-3-16-10-9-11-17-12-13-19(18(4-2)20(16)17)24(22,23)21-14-7-5-6-8-15-21/h9-13H,3-8,14-15H2,1-2H3. The van der Waals surface area contributed by atoms with Crippen molar-refractivity contribution in [2.45, 2.75) is 57.3 Å². The summed E-state index contributed by atoms with van der Waals surface area (Å²) in [5, 5.41) is 2.28. The summed E-state index contributed by atoms with van der Waals surface area (Å²) in [7, 11) is -3.41. The highest BCUT2D eigenvalue weighted by Gasteiger charge is 2.28. The van der Waals surface area contributed by atoms with Gasteiger partial charge in [-0.2, -0.15) is 4.31 Å². The highest BCUT2D eigenvalue weighted by atomic mass is 32.2. The van der Waals surface area contributed by atoms with Crippen molar-refractivity contribution in [3.05, 3.63) is 41.5 Å². The van der Waals surface area contributed by atoms with Gasteiger partial charge in [-0.25, -0.2) is 8.42 Å². The summed E-state index contributed by atoms with van der Waals surface area (Å²) in [5.74, 6) is 0. The minimum atomic E-state index is -3.41. The maximum absolute atomic E-state index is 13.3. The van der Waals surface area contributed by atoms with Crippen LogP contribution < -0.4 is 0 Å². The predicted octanol–water partition coefficient (Wildman–Crippen LogP) is 4.53. The van der Waals surface area contributed by atoms with Crippen molar-refractivity contribution in [3.63, 3.8) is 0 Å². The summed E-state index contributed by atoms with van der Waals surface area (Å²) in [4.78, 5) is 0.514. The molecule has 1 aliphatic rings. The Kier molecular flexibility index (Phi) is 5.26. The third-order valence-electron chi connectivity index (χ3n) is 5.11. The first-order valence-corrected chi connectivity index (χ1v) is 10.6. The molecule has 24 heavy (non-hydrogen) atoms. The summed E-state index contributed by atoms with van der Waals surface area (Å²) in [5.41, 5.74) is 2.21. The van der Waals surface area contributed by atoms with E-state index in [4.69, 9.17) is 0 Å². The van der Waals surface area contributed by atoms with Gasteiger partial charge in [0.05, 0.1) is 4.90 Å². The Morgan fingerprint density at radius 1 is 0.917 bits per heavy atom. The van der Waals surface area contributed by atoms with Gasteiger partial charge >= 0.3 is 0 Å². The Hall–Kier alpha value is -1.39. The SMILES string of the molecule is CCc1cccc2ccc(S(=O)(=O)N3CCCCCC3)c(CC)c12. The largest absolute Gasteiger partial charge is 0.243 e. The molecule has 3 nitrogen and oxygen atoms in total. The molecular weight excluding hydrogens is 318 g/mol. The molecule has 2 aromatic rings. The van der Waals surface area contributed by atoms with Gasteiger partial charge in [0, 0.05) is 13.1 Å². The topological polar surface area (TPSA) is 37.4 Å². The first-order chi connectivity index (χ1) is 11.6. The monoisotopic (exact) mass is 345 g/mol. The second-order valence-corrected chi connectivity index (χ2v) is 8.49. The van der Waals surface area contributed by atoms with Crippen LogP contribution in [0.2, 0.25) is 0 Å². The molecule has 1 fully saturated rings. The van der Waals surface area contributed by atoms with E-state index in [1.54, 1.807) is 4.31 Å². The highest BCUT2D eigenvalue weighted by Crippen LogP contribution is 2.32. The molecule has 1 aliphatic heterocycles. The molecule has 0 amide bonds. The minimum absolute atomic E-state index is 0.514. The molecule has 0 aliphatic carbocycles. The van der Waals surface area contributed by atoms with Gasteiger partial charge in [0.2, 0.25) is 10.0 Å². The summed E-state index contributed by atoms with van der Waals surface area (Å²) < 4.78 is 28.3. The number of sulfonamides is 1. The average Bonchev–Trinajstić information content (AvgIpc) is 2.89. The molecule has 0 spiro atoms. The Morgan fingerprint density at radius 3 is 2.25 bits per heavy atom. The number of benzene rings is 2. The van der Waals surface area contributed by atoms with E-state index in [-0.39, 0.29) is 0 Å². The van der Waals surface area contributed by atoms with Crippen LogP contribution in [0.4, 0.5) is 0 Å². The van der Waals surface area contributed by atoms with Crippen LogP contribution in [0.5, 0.6) is 0 Å². The van der Waals surface area contributed by atoms with Crippen LogP contribution in [0.25, 0.3) is 10.8 Å². The number of fused-ring (bicyclic) bond motifs is 1. The maximum Gasteiger partial charge on any atom is 0.243 e. The van der Waals surface area contributed by atoms with Crippen molar-refractivity contribution >= 4 is 20.8 Å². The van der Waals surface area contributed by atoms with Crippen molar-refractivity contribution in [2.24, 2.45) is 0 Å². The molecule has 4 heteroatoms. The summed E-state index contributed by atoms with van der Waals surface area (Å²) in [6.45, 7) is 5.49. The number of hydrogen-bond donors (Lipinski definition) is 0. The lowest BCUT2D eigenvalue weighted by Crippen LogP contribution is -2.32. The van der Waals surface area contributed by atoms with Crippen LogP contribution in [0, 0.1) is 0 Å². The molecule has 0 atom stereocenters. The average molecular weight is 346 g/mol. The van der Waals surface area contributed by atoms with Crippen molar-refractivity contribution in [1.82, 2.24) is 4.31 Å². The number of hydrogen-bond acceptors (Lipinski definition) is 2. The molecule has 0 radical (unpaired) electrons. The fraction of sp³-hybridized carbons (Fsp3) is 0.500. The zero-order valence-electron chi connectivity index (χ0n) is 14.7. The summed E-state index contributed by atoms with van der Waals surface area (Å²) >= 11 is 0. The van der Waals surface area contributed by atoms with E-state index >= 15 is 0 Å². The fourth-order valence-electron chi connectivity index (χ4n) is 3.82. The quantitative estimate of drug-likeness (QED) is 0.816. The molecule has 0 saturated carbocycles. The van der Waals surface area contributed by atoms with Crippen LogP contribution >= 0.6 is 0 Å². The van der Waals surface area contributed by atoms with Gasteiger partial charge in [-0.1, -0.05) is 51.0 Å². The van der Waals surface area contributed by atoms with E-state index in [1.165, 1.54) is 5.56 Å². The first kappa shape index (κ1) is 17.4. The molecule has 0 N–H and O–H groups in total. The zero-order valence-corrected chi connectivity index (χ0v) is 15.5. The van der Waals surface area contributed by atoms with Crippen molar-refractivity contribution in [1.29, 1.82) is 0 Å². The second kappa shape index (κ2) is 7.24. The smallest absolute Gasteiger partial charge is 0.207 e. The van der Waals surface area contributed by atoms with Crippen molar-refractivity contribution in [2.75, 3.05) is 13.1 Å². The lowest BCUT2D eigenvalue weighted by molar-refractivity contribution is 0.423. The van der Waals surface area contributed by atoms with Gasteiger partial charge < -0.3 is 0 Å². The summed E-state index contributed by atoms with van der Waals surface area (Å²) in [6.07, 6.45) is 5.84. The van der Waals surface area contributed by atoms with E-state index in [0.29, 0.717) is 18.0 Å². The molecule has 0 unspecified atom stereocenters. The maximum atomic E-state index is 13.3. The number of nitrogens with zero attached hydrogens (tertiary/aromatic N) is 1. The van der Waals surface area contributed by atoms with Crippen LogP contribution in [0.3, 0.4) is 0 Å². The highest BCUT2D eigenvalue weighted by molar-refractivity contribution is 7.89. The molecule has 2 aromatic carbocycles. The van der Waals surface area contributed by atoms with Crippen LogP contribution in [-0.2, 0) is 22.9 Å². The van der Waals surface area contributed by atoms with Crippen LogP contribution in [0.15, 0.2) is 35.2 Å². The van der Waals surface area contributed by atoms with E-state index in [9.17, 15) is 8.42 Å². The molecular formula is C20H27NO2S. The lowest BCUT2D eigenvalue weighted by Gasteiger charge is -2.23. The molecule has 3 rings (SSSR count). The second-order valence-electron chi connectivity index (χ2n) is 6.58. The Balaban J connectivity index is 2.18. The zero-order chi connectivity index (χ0) is 17.2. The van der Waals surface area contributed by atoms with Gasteiger partial charge in [0.25, 0.3) is 0 Å². The van der Waals surface area contributed by atoms with Gasteiger partial charge in [-0.05, 0) is 53.6 Å². The molecule has 1 heterocycles. The van der Waals surface area contributed by atoms with Crippen molar-refractivity contribution in [3.8, 4) is 0 Å². The fourth-order valence-corrected chi connectivity index (χ4v) is 5.64. The van der Waals surface area contributed by atoms with E-state index < -0.39 is 10.0 Å². The van der Waals surface area contributed by atoms with Gasteiger partial charge in [0.1, 0.15) is 0 Å². The van der Waals surface area contributed by atoms with Gasteiger partial charge in [0.15, 0.2) is 0 Å². The molecule has 0 bridgehead atoms.